The molecule has 0 aromatic heterocycles. The quantitative estimate of drug-likeness (QED) is 0.822. The Morgan fingerprint density at radius 1 is 1.26 bits per heavy atom. The van der Waals surface area contributed by atoms with Crippen molar-refractivity contribution in [2.24, 2.45) is 0 Å². The molecule has 1 amide bonds. The van der Waals surface area contributed by atoms with Crippen LogP contribution in [0.15, 0.2) is 29.2 Å². The summed E-state index contributed by atoms with van der Waals surface area (Å²) in [7, 11) is 1.66. The maximum Gasteiger partial charge on any atom is 0.232 e. The Kier molecular flexibility index (Phi) is 5.80. The smallest absolute Gasteiger partial charge is 0.232 e. The Balaban J connectivity index is 1.45. The number of amides is 1. The number of rotatable bonds is 5. The molecule has 2 saturated heterocycles. The molecule has 1 atom stereocenters. The number of likely N-dealkylation sites (tertiary alicyclic amines) is 1. The van der Waals surface area contributed by atoms with Crippen LogP contribution in [-0.4, -0.2) is 73.9 Å². The van der Waals surface area contributed by atoms with Crippen molar-refractivity contribution in [3.05, 3.63) is 24.3 Å². The number of carbonyl (C=O) groups excluding carboxylic acids is 1. The molecule has 23 heavy (non-hydrogen) atoms. The first-order valence-electron chi connectivity index (χ1n) is 8.25. The number of nitrogens with zero attached hydrogens (tertiary/aromatic N) is 2. The second-order valence-corrected chi connectivity index (χ2v) is 7.08. The molecular weight excluding hydrogens is 310 g/mol. The summed E-state index contributed by atoms with van der Waals surface area (Å²) in [5.41, 5.74) is 0. The Morgan fingerprint density at radius 2 is 2.00 bits per heavy atom. The van der Waals surface area contributed by atoms with Crippen LogP contribution in [0.3, 0.4) is 0 Å². The van der Waals surface area contributed by atoms with Crippen LogP contribution >= 0.6 is 11.8 Å². The molecule has 1 N–H and O–H groups in total. The first kappa shape index (κ1) is 16.6. The second-order valence-electron chi connectivity index (χ2n) is 6.03. The van der Waals surface area contributed by atoms with Gasteiger partial charge in [-0.15, -0.1) is 11.8 Å². The van der Waals surface area contributed by atoms with E-state index < -0.39 is 0 Å². The molecule has 5 nitrogen and oxygen atoms in total. The van der Waals surface area contributed by atoms with Crippen molar-refractivity contribution < 1.29 is 9.53 Å². The van der Waals surface area contributed by atoms with Crippen molar-refractivity contribution in [2.45, 2.75) is 17.4 Å². The van der Waals surface area contributed by atoms with Gasteiger partial charge in [0.25, 0.3) is 0 Å². The van der Waals surface area contributed by atoms with Crippen molar-refractivity contribution in [1.82, 2.24) is 15.1 Å². The zero-order valence-corrected chi connectivity index (χ0v) is 14.5. The van der Waals surface area contributed by atoms with Gasteiger partial charge in [0.05, 0.1) is 12.9 Å². The molecule has 1 aromatic rings. The minimum Gasteiger partial charge on any atom is -0.497 e. The molecule has 2 aliphatic rings. The molecule has 1 aromatic carbocycles. The van der Waals surface area contributed by atoms with E-state index >= 15 is 0 Å². The zero-order chi connectivity index (χ0) is 16.1. The van der Waals surface area contributed by atoms with E-state index in [-0.39, 0.29) is 5.91 Å². The summed E-state index contributed by atoms with van der Waals surface area (Å²) in [5.74, 6) is 1.61. The number of hydrogen-bond donors (Lipinski definition) is 1. The van der Waals surface area contributed by atoms with E-state index in [4.69, 9.17) is 4.74 Å². The largest absolute Gasteiger partial charge is 0.497 e. The lowest BCUT2D eigenvalue weighted by Crippen LogP contribution is -2.49. The maximum atomic E-state index is 12.4. The van der Waals surface area contributed by atoms with Crippen LogP contribution in [0.1, 0.15) is 6.42 Å². The summed E-state index contributed by atoms with van der Waals surface area (Å²) in [6.07, 6.45) is 1.11. The van der Waals surface area contributed by atoms with Crippen molar-refractivity contribution in [3.8, 4) is 5.75 Å². The third-order valence-electron chi connectivity index (χ3n) is 4.61. The number of benzene rings is 1. The number of ether oxygens (including phenoxy) is 1. The molecule has 126 valence electrons. The van der Waals surface area contributed by atoms with Gasteiger partial charge in [-0.25, -0.2) is 0 Å². The van der Waals surface area contributed by atoms with E-state index in [1.54, 1.807) is 18.9 Å². The predicted octanol–water partition coefficient (Wildman–Crippen LogP) is 1.29. The lowest BCUT2D eigenvalue weighted by molar-refractivity contribution is -0.127. The summed E-state index contributed by atoms with van der Waals surface area (Å²) in [6, 6.07) is 8.42. The first-order chi connectivity index (χ1) is 11.3. The Labute approximate surface area is 142 Å². The zero-order valence-electron chi connectivity index (χ0n) is 13.7. The van der Waals surface area contributed by atoms with E-state index in [9.17, 15) is 4.79 Å². The molecule has 1 unspecified atom stereocenters. The van der Waals surface area contributed by atoms with E-state index in [2.05, 4.69) is 10.2 Å². The van der Waals surface area contributed by atoms with Crippen LogP contribution in [0.25, 0.3) is 0 Å². The average Bonchev–Trinajstić information content (AvgIpc) is 3.11. The molecule has 0 radical (unpaired) electrons. The SMILES string of the molecule is COc1ccc(SCC(=O)N2CCC(N3CCNCC3)C2)cc1. The molecule has 3 rings (SSSR count). The molecule has 0 aliphatic carbocycles. The average molecular weight is 335 g/mol. The highest BCUT2D eigenvalue weighted by atomic mass is 32.2. The lowest BCUT2D eigenvalue weighted by Gasteiger charge is -2.32. The Hall–Kier alpha value is -1.24. The van der Waals surface area contributed by atoms with Crippen molar-refractivity contribution >= 4 is 17.7 Å². The van der Waals surface area contributed by atoms with Gasteiger partial charge in [0.2, 0.25) is 5.91 Å². The van der Waals surface area contributed by atoms with Crippen molar-refractivity contribution in [1.29, 1.82) is 0 Å². The molecular formula is C17H25N3O2S. The van der Waals surface area contributed by atoms with Gasteiger partial charge in [-0.3, -0.25) is 9.69 Å². The third-order valence-corrected chi connectivity index (χ3v) is 5.60. The Morgan fingerprint density at radius 3 is 2.70 bits per heavy atom. The van der Waals surface area contributed by atoms with E-state index in [0.717, 1.165) is 56.3 Å². The molecule has 0 saturated carbocycles. The topological polar surface area (TPSA) is 44.8 Å². The van der Waals surface area contributed by atoms with Crippen LogP contribution < -0.4 is 10.1 Å². The minimum absolute atomic E-state index is 0.253. The predicted molar refractivity (Wildman–Crippen MR) is 93.1 cm³/mol. The summed E-state index contributed by atoms with van der Waals surface area (Å²) in [5, 5.41) is 3.38. The first-order valence-corrected chi connectivity index (χ1v) is 9.24. The number of nitrogens with one attached hydrogen (secondary N) is 1. The highest BCUT2D eigenvalue weighted by molar-refractivity contribution is 8.00. The monoisotopic (exact) mass is 335 g/mol. The summed E-state index contributed by atoms with van der Waals surface area (Å²) in [6.45, 7) is 6.13. The van der Waals surface area contributed by atoms with Crippen LogP contribution in [0.2, 0.25) is 0 Å². The van der Waals surface area contributed by atoms with Crippen molar-refractivity contribution in [2.75, 3.05) is 52.1 Å². The fourth-order valence-electron chi connectivity index (χ4n) is 3.22. The van der Waals surface area contributed by atoms with Gasteiger partial charge in [0, 0.05) is 50.2 Å². The highest BCUT2D eigenvalue weighted by Crippen LogP contribution is 2.23. The van der Waals surface area contributed by atoms with Gasteiger partial charge < -0.3 is 15.0 Å². The highest BCUT2D eigenvalue weighted by Gasteiger charge is 2.30. The number of thioether (sulfide) groups is 1. The molecule has 6 heteroatoms. The molecule has 2 heterocycles. The van der Waals surface area contributed by atoms with E-state index in [1.807, 2.05) is 29.2 Å². The Bertz CT molecular complexity index is 517. The fraction of sp³-hybridized carbons (Fsp3) is 0.588. The standard InChI is InChI=1S/C17H25N3O2S/c1-22-15-2-4-16(5-3-15)23-13-17(21)20-9-6-14(12-20)19-10-7-18-8-11-19/h2-5,14,18H,6-13H2,1H3. The number of methoxy groups -OCH3 is 1. The van der Waals surface area contributed by atoms with Gasteiger partial charge >= 0.3 is 0 Å². The maximum absolute atomic E-state index is 12.4. The number of carbonyl (C=O) groups is 1. The summed E-state index contributed by atoms with van der Waals surface area (Å²) < 4.78 is 5.15. The van der Waals surface area contributed by atoms with Gasteiger partial charge in [-0.2, -0.15) is 0 Å². The number of hydrogen-bond acceptors (Lipinski definition) is 5. The van der Waals surface area contributed by atoms with Crippen molar-refractivity contribution in [3.63, 3.8) is 0 Å². The van der Waals surface area contributed by atoms with Crippen LogP contribution in [-0.2, 0) is 4.79 Å². The molecule has 2 fully saturated rings. The third kappa shape index (κ3) is 4.40. The lowest BCUT2D eigenvalue weighted by atomic mass is 10.2. The van der Waals surface area contributed by atoms with E-state index in [1.165, 1.54) is 0 Å². The number of piperazine rings is 1. The van der Waals surface area contributed by atoms with Gasteiger partial charge in [-0.05, 0) is 30.7 Å². The van der Waals surface area contributed by atoms with Gasteiger partial charge in [0.15, 0.2) is 0 Å². The summed E-state index contributed by atoms with van der Waals surface area (Å²) >= 11 is 1.60. The van der Waals surface area contributed by atoms with Crippen LogP contribution in [0.4, 0.5) is 0 Å². The van der Waals surface area contributed by atoms with Gasteiger partial charge in [-0.1, -0.05) is 0 Å². The summed E-state index contributed by atoms with van der Waals surface area (Å²) in [4.78, 5) is 18.1. The second kappa shape index (κ2) is 8.04. The minimum atomic E-state index is 0.253. The van der Waals surface area contributed by atoms with Crippen LogP contribution in [0, 0.1) is 0 Å². The normalized spacial score (nSPS) is 22.3. The molecule has 0 bridgehead atoms. The fourth-order valence-corrected chi connectivity index (χ4v) is 4.02. The van der Waals surface area contributed by atoms with Gasteiger partial charge in [0.1, 0.15) is 5.75 Å². The molecule has 2 aliphatic heterocycles. The molecule has 0 spiro atoms. The van der Waals surface area contributed by atoms with Crippen LogP contribution in [0.5, 0.6) is 5.75 Å². The van der Waals surface area contributed by atoms with E-state index in [0.29, 0.717) is 11.8 Å².